The van der Waals surface area contributed by atoms with E-state index in [1.807, 2.05) is 0 Å². The van der Waals surface area contributed by atoms with Gasteiger partial charge in [0, 0.05) is 30.8 Å². The number of hydrogen-bond acceptors (Lipinski definition) is 4. The number of aliphatic carboxylic acids is 1. The van der Waals surface area contributed by atoms with Gasteiger partial charge in [0.1, 0.15) is 0 Å². The minimum absolute atomic E-state index is 0.150. The van der Waals surface area contributed by atoms with Crippen molar-refractivity contribution >= 4 is 17.6 Å². The second kappa shape index (κ2) is 5.68. The molecule has 7 nitrogen and oxygen atoms in total. The molecule has 0 radical (unpaired) electrons. The van der Waals surface area contributed by atoms with Gasteiger partial charge in [-0.25, -0.2) is 0 Å². The van der Waals surface area contributed by atoms with Crippen molar-refractivity contribution in [3.8, 4) is 0 Å². The Hall–Kier alpha value is -2.44. The minimum Gasteiger partial charge on any atom is -0.481 e. The zero-order valence-corrected chi connectivity index (χ0v) is 10.7. The van der Waals surface area contributed by atoms with Gasteiger partial charge in [0.05, 0.1) is 10.8 Å². The molecular weight excluding hydrogens is 264 g/mol. The van der Waals surface area contributed by atoms with Crippen molar-refractivity contribution in [3.63, 3.8) is 0 Å². The third-order valence-electron chi connectivity index (χ3n) is 3.36. The van der Waals surface area contributed by atoms with Gasteiger partial charge in [0.2, 0.25) is 0 Å². The Morgan fingerprint density at radius 2 is 2.15 bits per heavy atom. The predicted octanol–water partition coefficient (Wildman–Crippen LogP) is 1.53. The van der Waals surface area contributed by atoms with Crippen LogP contribution in [0, 0.1) is 16.0 Å². The molecule has 1 fully saturated rings. The highest BCUT2D eigenvalue weighted by Crippen LogP contribution is 2.20. The predicted molar refractivity (Wildman–Crippen MR) is 69.4 cm³/mol. The van der Waals surface area contributed by atoms with E-state index in [4.69, 9.17) is 5.11 Å². The summed E-state index contributed by atoms with van der Waals surface area (Å²) in [5, 5.41) is 19.7. The van der Waals surface area contributed by atoms with Gasteiger partial charge in [-0.3, -0.25) is 19.7 Å². The number of carbonyl (C=O) groups excluding carboxylic acids is 1. The number of nitro groups is 1. The molecule has 1 aliphatic rings. The number of piperidine rings is 1. The zero-order chi connectivity index (χ0) is 14.7. The second-order valence-electron chi connectivity index (χ2n) is 4.74. The number of hydrogen-bond donors (Lipinski definition) is 1. The summed E-state index contributed by atoms with van der Waals surface area (Å²) in [5.41, 5.74) is 0.0629. The summed E-state index contributed by atoms with van der Waals surface area (Å²) in [6.07, 6.45) is 1.17. The molecule has 0 aliphatic carbocycles. The lowest BCUT2D eigenvalue weighted by molar-refractivity contribution is -0.384. The van der Waals surface area contributed by atoms with Crippen LogP contribution in [0.15, 0.2) is 24.3 Å². The van der Waals surface area contributed by atoms with Crippen LogP contribution in [0.4, 0.5) is 5.69 Å². The Labute approximate surface area is 115 Å². The summed E-state index contributed by atoms with van der Waals surface area (Å²) in [6, 6.07) is 5.48. The van der Waals surface area contributed by atoms with Gasteiger partial charge in [-0.15, -0.1) is 0 Å². The lowest BCUT2D eigenvalue weighted by atomic mass is 9.97. The molecule has 0 aromatic heterocycles. The van der Waals surface area contributed by atoms with Crippen molar-refractivity contribution in [1.29, 1.82) is 0 Å². The summed E-state index contributed by atoms with van der Waals surface area (Å²) in [6.45, 7) is 0.627. The number of likely N-dealkylation sites (tertiary alicyclic amines) is 1. The van der Waals surface area contributed by atoms with E-state index in [1.165, 1.54) is 29.2 Å². The van der Waals surface area contributed by atoms with Crippen molar-refractivity contribution < 1.29 is 19.6 Å². The molecule has 1 aromatic rings. The molecule has 1 aliphatic heterocycles. The van der Waals surface area contributed by atoms with Crippen molar-refractivity contribution in [1.82, 2.24) is 4.90 Å². The van der Waals surface area contributed by atoms with Gasteiger partial charge in [-0.1, -0.05) is 6.07 Å². The number of nitrogens with zero attached hydrogens (tertiary/aromatic N) is 2. The fourth-order valence-electron chi connectivity index (χ4n) is 2.30. The Bertz CT molecular complexity index is 557. The van der Waals surface area contributed by atoms with Gasteiger partial charge in [-0.05, 0) is 18.9 Å². The summed E-state index contributed by atoms with van der Waals surface area (Å²) >= 11 is 0. The van der Waals surface area contributed by atoms with Crippen molar-refractivity contribution in [3.05, 3.63) is 39.9 Å². The molecule has 0 spiro atoms. The standard InChI is InChI=1S/C13H14N2O5/c16-12(9-3-1-5-11(7-9)15(19)20)14-6-2-4-10(8-14)13(17)18/h1,3,5,7,10H,2,4,6,8H2,(H,17,18)/t10-/m1/s1. The molecule has 0 bridgehead atoms. The summed E-state index contributed by atoms with van der Waals surface area (Å²) < 4.78 is 0. The molecule has 0 saturated carbocycles. The van der Waals surface area contributed by atoms with Crippen LogP contribution in [0.3, 0.4) is 0 Å². The Morgan fingerprint density at radius 1 is 1.40 bits per heavy atom. The first-order valence-electron chi connectivity index (χ1n) is 6.25. The highest BCUT2D eigenvalue weighted by atomic mass is 16.6. The van der Waals surface area contributed by atoms with E-state index in [-0.39, 0.29) is 23.7 Å². The molecule has 2 rings (SSSR count). The molecule has 1 atom stereocenters. The zero-order valence-electron chi connectivity index (χ0n) is 10.7. The third-order valence-corrected chi connectivity index (χ3v) is 3.36. The van der Waals surface area contributed by atoms with Gasteiger partial charge in [-0.2, -0.15) is 0 Å². The number of benzene rings is 1. The van der Waals surface area contributed by atoms with Crippen LogP contribution in [0.5, 0.6) is 0 Å². The van der Waals surface area contributed by atoms with Crippen LogP contribution >= 0.6 is 0 Å². The Kier molecular flexibility index (Phi) is 3.97. The SMILES string of the molecule is O=C(O)[C@@H]1CCCN(C(=O)c2cccc([N+](=O)[O-])c2)C1. The van der Waals surface area contributed by atoms with Crippen LogP contribution < -0.4 is 0 Å². The Morgan fingerprint density at radius 3 is 2.80 bits per heavy atom. The minimum atomic E-state index is -0.915. The van der Waals surface area contributed by atoms with E-state index < -0.39 is 16.8 Å². The van der Waals surface area contributed by atoms with E-state index >= 15 is 0 Å². The average molecular weight is 278 g/mol. The monoisotopic (exact) mass is 278 g/mol. The first kappa shape index (κ1) is 14.0. The normalized spacial score (nSPS) is 18.6. The first-order chi connectivity index (χ1) is 9.49. The van der Waals surface area contributed by atoms with Crippen molar-refractivity contribution in [2.75, 3.05) is 13.1 Å². The number of carboxylic acids is 1. The van der Waals surface area contributed by atoms with E-state index in [0.717, 1.165) is 0 Å². The average Bonchev–Trinajstić information content (AvgIpc) is 2.46. The second-order valence-corrected chi connectivity index (χ2v) is 4.74. The molecule has 20 heavy (non-hydrogen) atoms. The van der Waals surface area contributed by atoms with Gasteiger partial charge >= 0.3 is 5.97 Å². The fourth-order valence-corrected chi connectivity index (χ4v) is 2.30. The fraction of sp³-hybridized carbons (Fsp3) is 0.385. The maximum absolute atomic E-state index is 12.3. The maximum atomic E-state index is 12.3. The third kappa shape index (κ3) is 2.93. The molecule has 7 heteroatoms. The Balaban J connectivity index is 2.16. The van der Waals surface area contributed by atoms with Gasteiger partial charge < -0.3 is 10.0 Å². The lowest BCUT2D eigenvalue weighted by Gasteiger charge is -2.30. The molecule has 106 valence electrons. The number of nitro benzene ring substituents is 1. The van der Waals surface area contributed by atoms with Crippen LogP contribution in [0.2, 0.25) is 0 Å². The topological polar surface area (TPSA) is 101 Å². The first-order valence-corrected chi connectivity index (χ1v) is 6.25. The molecule has 0 unspecified atom stereocenters. The number of amides is 1. The van der Waals surface area contributed by atoms with Crippen LogP contribution in [0.1, 0.15) is 23.2 Å². The number of carbonyl (C=O) groups is 2. The van der Waals surface area contributed by atoms with Crippen LogP contribution in [-0.2, 0) is 4.79 Å². The number of rotatable bonds is 3. The lowest BCUT2D eigenvalue weighted by Crippen LogP contribution is -2.42. The van der Waals surface area contributed by atoms with Crippen LogP contribution in [0.25, 0.3) is 0 Å². The highest BCUT2D eigenvalue weighted by molar-refractivity contribution is 5.95. The summed E-state index contributed by atoms with van der Waals surface area (Å²) in [5.74, 6) is -1.84. The molecular formula is C13H14N2O5. The number of carboxylic acid groups (broad SMARTS) is 1. The largest absolute Gasteiger partial charge is 0.481 e. The summed E-state index contributed by atoms with van der Waals surface area (Å²) in [4.78, 5) is 34.8. The molecule has 1 N–H and O–H groups in total. The van der Waals surface area contributed by atoms with E-state index in [9.17, 15) is 19.7 Å². The van der Waals surface area contributed by atoms with E-state index in [0.29, 0.717) is 19.4 Å². The highest BCUT2D eigenvalue weighted by Gasteiger charge is 2.29. The molecule has 1 amide bonds. The molecule has 1 heterocycles. The van der Waals surface area contributed by atoms with Crippen LogP contribution in [-0.4, -0.2) is 39.9 Å². The molecule has 1 aromatic carbocycles. The van der Waals surface area contributed by atoms with E-state index in [2.05, 4.69) is 0 Å². The smallest absolute Gasteiger partial charge is 0.308 e. The van der Waals surface area contributed by atoms with E-state index in [1.54, 1.807) is 0 Å². The number of non-ortho nitro benzene ring substituents is 1. The van der Waals surface area contributed by atoms with Crippen molar-refractivity contribution in [2.24, 2.45) is 5.92 Å². The quantitative estimate of drug-likeness (QED) is 0.667. The van der Waals surface area contributed by atoms with Crippen molar-refractivity contribution in [2.45, 2.75) is 12.8 Å². The summed E-state index contributed by atoms with van der Waals surface area (Å²) in [7, 11) is 0. The van der Waals surface area contributed by atoms with Gasteiger partial charge in [0.25, 0.3) is 11.6 Å². The molecule has 1 saturated heterocycles. The van der Waals surface area contributed by atoms with Gasteiger partial charge in [0.15, 0.2) is 0 Å². The maximum Gasteiger partial charge on any atom is 0.308 e.